The Morgan fingerprint density at radius 2 is 2.00 bits per heavy atom. The summed E-state index contributed by atoms with van der Waals surface area (Å²) in [6.07, 6.45) is 2.03. The van der Waals surface area contributed by atoms with Gasteiger partial charge in [-0.1, -0.05) is 42.8 Å². The first kappa shape index (κ1) is 17.7. The smallest absolute Gasteiger partial charge is 0.191 e. The van der Waals surface area contributed by atoms with Crippen molar-refractivity contribution in [1.82, 2.24) is 4.90 Å². The molecule has 2 N–H and O–H groups in total. The van der Waals surface area contributed by atoms with Crippen LogP contribution in [0.25, 0.3) is 0 Å². The van der Waals surface area contributed by atoms with Crippen LogP contribution in [0.5, 0.6) is 0 Å². The summed E-state index contributed by atoms with van der Waals surface area (Å²) in [4.78, 5) is 2.26. The molecule has 0 spiro atoms. The van der Waals surface area contributed by atoms with E-state index in [0.717, 1.165) is 29.8 Å². The van der Waals surface area contributed by atoms with Gasteiger partial charge in [-0.3, -0.25) is 4.90 Å². The number of aryl methyl sites for hydroxylation is 1. The number of hydrogen-bond donors (Lipinski definition) is 1. The predicted octanol–water partition coefficient (Wildman–Crippen LogP) is 2.74. The third-order valence-electron chi connectivity index (χ3n) is 5.59. The summed E-state index contributed by atoms with van der Waals surface area (Å²) in [5.74, 6) is -0.526. The first-order chi connectivity index (χ1) is 12.5. The summed E-state index contributed by atoms with van der Waals surface area (Å²) in [6.45, 7) is 6.38. The zero-order chi connectivity index (χ0) is 18.9. The number of fused-ring (bicyclic) bond motifs is 1. The van der Waals surface area contributed by atoms with Crippen molar-refractivity contribution in [3.63, 3.8) is 0 Å². The molecule has 0 aromatic heterocycles. The van der Waals surface area contributed by atoms with Crippen molar-refractivity contribution in [2.45, 2.75) is 19.8 Å². The molecule has 0 amide bonds. The molecule has 2 aliphatic rings. The van der Waals surface area contributed by atoms with Crippen LogP contribution < -0.4 is 5.73 Å². The number of benzene rings is 1. The van der Waals surface area contributed by atoms with Gasteiger partial charge in [-0.15, -0.1) is 0 Å². The third-order valence-corrected chi connectivity index (χ3v) is 5.59. The Hall–Kier alpha value is -3.07. The molecule has 130 valence electrons. The van der Waals surface area contributed by atoms with Gasteiger partial charge in [-0.05, 0) is 24.6 Å². The fourth-order valence-electron chi connectivity index (χ4n) is 4.24. The van der Waals surface area contributed by atoms with Crippen LogP contribution in [0.2, 0.25) is 0 Å². The van der Waals surface area contributed by atoms with Gasteiger partial charge in [-0.25, -0.2) is 0 Å². The molecule has 1 aliphatic heterocycles. The van der Waals surface area contributed by atoms with Gasteiger partial charge in [0.1, 0.15) is 6.07 Å². The molecule has 0 bridgehead atoms. The number of rotatable bonds is 2. The summed E-state index contributed by atoms with van der Waals surface area (Å²) in [7, 11) is 0. The minimum Gasteiger partial charge on any atom is -0.399 e. The van der Waals surface area contributed by atoms with Crippen LogP contribution in [-0.4, -0.2) is 24.5 Å². The van der Waals surface area contributed by atoms with Gasteiger partial charge in [0.05, 0.1) is 23.4 Å². The minimum atomic E-state index is -1.54. The van der Waals surface area contributed by atoms with E-state index < -0.39 is 11.3 Å². The Morgan fingerprint density at radius 3 is 2.58 bits per heavy atom. The second-order valence-corrected chi connectivity index (χ2v) is 6.94. The van der Waals surface area contributed by atoms with E-state index in [1.165, 1.54) is 0 Å². The molecule has 3 rings (SSSR count). The van der Waals surface area contributed by atoms with Crippen LogP contribution in [0.1, 0.15) is 24.0 Å². The van der Waals surface area contributed by atoms with Crippen molar-refractivity contribution in [2.24, 2.45) is 17.1 Å². The number of likely N-dealkylation sites (N-methyl/N-ethyl adjacent to an activating group) is 1. The standard InChI is InChI=1S/C21H21N5/c1-3-26-8-7-16-17(10-22)20(25)21(12-23,13-24)19(18(16)11-26)15-6-4-5-14(2)9-15/h4-7,9,18-19H,3,8,11,25H2,1-2H3. The van der Waals surface area contributed by atoms with Gasteiger partial charge in [0.2, 0.25) is 0 Å². The van der Waals surface area contributed by atoms with Crippen LogP contribution in [0.3, 0.4) is 0 Å². The van der Waals surface area contributed by atoms with E-state index in [0.29, 0.717) is 12.1 Å². The topological polar surface area (TPSA) is 101 Å². The largest absolute Gasteiger partial charge is 0.399 e. The summed E-state index contributed by atoms with van der Waals surface area (Å²) < 4.78 is 0. The van der Waals surface area contributed by atoms with Crippen molar-refractivity contribution < 1.29 is 0 Å². The van der Waals surface area contributed by atoms with Gasteiger partial charge in [0.15, 0.2) is 5.41 Å². The van der Waals surface area contributed by atoms with Crippen LogP contribution in [-0.2, 0) is 0 Å². The second-order valence-electron chi connectivity index (χ2n) is 6.94. The van der Waals surface area contributed by atoms with Crippen molar-refractivity contribution in [3.8, 4) is 18.2 Å². The van der Waals surface area contributed by atoms with E-state index in [1.807, 2.05) is 37.3 Å². The number of nitriles is 3. The van der Waals surface area contributed by atoms with Crippen LogP contribution in [0, 0.1) is 52.2 Å². The average Bonchev–Trinajstić information content (AvgIpc) is 2.66. The SMILES string of the molecule is CCN1CC=C2C(C#N)=C(N)C(C#N)(C#N)C(c3cccc(C)c3)C2C1. The number of nitrogens with two attached hydrogens (primary N) is 1. The van der Waals surface area contributed by atoms with Crippen LogP contribution in [0.15, 0.2) is 47.2 Å². The predicted molar refractivity (Wildman–Crippen MR) is 98.1 cm³/mol. The lowest BCUT2D eigenvalue weighted by atomic mass is 9.58. The number of allylic oxidation sites excluding steroid dienone is 2. The van der Waals surface area contributed by atoms with Gasteiger partial charge in [-0.2, -0.15) is 15.8 Å². The average molecular weight is 343 g/mol. The lowest BCUT2D eigenvalue weighted by molar-refractivity contribution is 0.214. The second kappa shape index (κ2) is 6.68. The molecule has 0 saturated heterocycles. The fourth-order valence-corrected chi connectivity index (χ4v) is 4.24. The van der Waals surface area contributed by atoms with E-state index in [9.17, 15) is 15.8 Å². The Morgan fingerprint density at radius 1 is 1.27 bits per heavy atom. The Bertz CT molecular complexity index is 905. The highest BCUT2D eigenvalue weighted by atomic mass is 15.1. The van der Waals surface area contributed by atoms with Gasteiger partial charge in [0.25, 0.3) is 0 Å². The van der Waals surface area contributed by atoms with Gasteiger partial charge >= 0.3 is 0 Å². The molecule has 1 aromatic carbocycles. The molecular weight excluding hydrogens is 322 g/mol. The number of hydrogen-bond acceptors (Lipinski definition) is 5. The molecule has 0 fully saturated rings. The van der Waals surface area contributed by atoms with Crippen molar-refractivity contribution in [2.75, 3.05) is 19.6 Å². The third kappa shape index (κ3) is 2.48. The summed E-state index contributed by atoms with van der Waals surface area (Å²) in [5.41, 5.74) is 7.99. The molecule has 2 unspecified atom stereocenters. The lowest BCUT2D eigenvalue weighted by Gasteiger charge is -2.45. The Labute approximate surface area is 154 Å². The van der Waals surface area contributed by atoms with Crippen LogP contribution >= 0.6 is 0 Å². The molecule has 2 atom stereocenters. The molecule has 5 heteroatoms. The monoisotopic (exact) mass is 343 g/mol. The Kier molecular flexibility index (Phi) is 4.56. The maximum Gasteiger partial charge on any atom is 0.191 e. The normalized spacial score (nSPS) is 24.7. The molecular formula is C21H21N5. The van der Waals surface area contributed by atoms with Gasteiger partial charge < -0.3 is 5.73 Å². The van der Waals surface area contributed by atoms with Crippen LogP contribution in [0.4, 0.5) is 0 Å². The first-order valence-electron chi connectivity index (χ1n) is 8.74. The lowest BCUT2D eigenvalue weighted by Crippen LogP contribution is -2.48. The van der Waals surface area contributed by atoms with E-state index in [2.05, 4.69) is 30.0 Å². The van der Waals surface area contributed by atoms with Gasteiger partial charge in [0, 0.05) is 24.9 Å². The van der Waals surface area contributed by atoms with Crippen molar-refractivity contribution in [1.29, 1.82) is 15.8 Å². The number of nitrogens with zero attached hydrogens (tertiary/aromatic N) is 4. The summed E-state index contributed by atoms with van der Waals surface area (Å²) in [6, 6.07) is 14.4. The Balaban J connectivity index is 2.32. The van der Waals surface area contributed by atoms with Crippen molar-refractivity contribution in [3.05, 3.63) is 58.3 Å². The molecule has 1 aliphatic carbocycles. The van der Waals surface area contributed by atoms with E-state index in [1.54, 1.807) is 0 Å². The molecule has 26 heavy (non-hydrogen) atoms. The maximum absolute atomic E-state index is 10.0. The highest BCUT2D eigenvalue weighted by Gasteiger charge is 2.54. The molecule has 1 aromatic rings. The quantitative estimate of drug-likeness (QED) is 0.890. The minimum absolute atomic E-state index is 0.0870. The maximum atomic E-state index is 10.0. The molecule has 1 heterocycles. The first-order valence-corrected chi connectivity index (χ1v) is 8.74. The summed E-state index contributed by atoms with van der Waals surface area (Å²) >= 11 is 0. The van der Waals surface area contributed by atoms with E-state index in [-0.39, 0.29) is 11.6 Å². The highest BCUT2D eigenvalue weighted by molar-refractivity contribution is 5.59. The zero-order valence-corrected chi connectivity index (χ0v) is 15.0. The highest BCUT2D eigenvalue weighted by Crippen LogP contribution is 2.54. The summed E-state index contributed by atoms with van der Waals surface area (Å²) in [5, 5.41) is 29.7. The fraction of sp³-hybridized carbons (Fsp3) is 0.381. The molecule has 0 saturated carbocycles. The zero-order valence-electron chi connectivity index (χ0n) is 15.0. The van der Waals surface area contributed by atoms with E-state index >= 15 is 0 Å². The van der Waals surface area contributed by atoms with Crippen molar-refractivity contribution >= 4 is 0 Å². The molecule has 0 radical (unpaired) electrons. The molecule has 5 nitrogen and oxygen atoms in total. The van der Waals surface area contributed by atoms with E-state index in [4.69, 9.17) is 5.73 Å².